The SMILES string of the molecule is COc1ccc(-c2ccc(C(N)=O)cc2-c2ccccc2Cl)cc1C1=C(CN2C(=O)O[C@H](c3cc(C(F)(F)F)cc(C(F)(F)F)c3)[C@@H]2C)CC(C)(C)CC1. The van der Waals surface area contributed by atoms with Crippen molar-refractivity contribution >= 4 is 29.2 Å². The van der Waals surface area contributed by atoms with Crippen LogP contribution in [0.3, 0.4) is 0 Å². The molecule has 0 aromatic heterocycles. The predicted octanol–water partition coefficient (Wildman–Crippen LogP) is 11.4. The van der Waals surface area contributed by atoms with Gasteiger partial charge in [0.25, 0.3) is 0 Å². The molecule has 13 heteroatoms. The van der Waals surface area contributed by atoms with Gasteiger partial charge in [-0.15, -0.1) is 0 Å². The summed E-state index contributed by atoms with van der Waals surface area (Å²) in [4.78, 5) is 27.0. The number of nitrogens with zero attached hydrogens (tertiary/aromatic N) is 1. The number of ether oxygens (including phenoxy) is 2. The highest BCUT2D eigenvalue weighted by Crippen LogP contribution is 2.48. The van der Waals surface area contributed by atoms with Crippen molar-refractivity contribution in [1.82, 2.24) is 4.90 Å². The molecule has 1 fully saturated rings. The summed E-state index contributed by atoms with van der Waals surface area (Å²) in [6.07, 6.45) is -10.4. The molecule has 6 rings (SSSR count). The summed E-state index contributed by atoms with van der Waals surface area (Å²) in [6, 6.07) is 18.3. The van der Waals surface area contributed by atoms with Crippen molar-refractivity contribution in [2.24, 2.45) is 11.1 Å². The number of cyclic esters (lactones) is 1. The maximum Gasteiger partial charge on any atom is 0.416 e. The topological polar surface area (TPSA) is 81.9 Å². The second-order valence-corrected chi connectivity index (χ2v) is 14.9. The zero-order valence-electron chi connectivity index (χ0n) is 29.8. The van der Waals surface area contributed by atoms with E-state index in [1.54, 1.807) is 37.3 Å². The number of allylic oxidation sites excluding steroid dienone is 1. The molecule has 2 aliphatic rings. The van der Waals surface area contributed by atoms with E-state index in [0.717, 1.165) is 34.3 Å². The van der Waals surface area contributed by atoms with Crippen LogP contribution >= 0.6 is 11.6 Å². The minimum Gasteiger partial charge on any atom is -0.496 e. The van der Waals surface area contributed by atoms with Crippen LogP contribution in [0.1, 0.15) is 78.7 Å². The third kappa shape index (κ3) is 7.80. The fraction of sp³-hybridized carbons (Fsp3) is 0.317. The van der Waals surface area contributed by atoms with Crippen LogP contribution in [-0.2, 0) is 17.1 Å². The number of halogens is 7. The lowest BCUT2D eigenvalue weighted by Gasteiger charge is -2.36. The number of amides is 2. The first-order valence-corrected chi connectivity index (χ1v) is 17.5. The van der Waals surface area contributed by atoms with Crippen LogP contribution in [0.25, 0.3) is 27.8 Å². The summed E-state index contributed by atoms with van der Waals surface area (Å²) < 4.78 is 93.6. The van der Waals surface area contributed by atoms with Crippen LogP contribution in [0, 0.1) is 5.41 Å². The van der Waals surface area contributed by atoms with E-state index in [-0.39, 0.29) is 18.0 Å². The average Bonchev–Trinajstić information content (AvgIpc) is 3.38. The largest absolute Gasteiger partial charge is 0.496 e. The zero-order chi connectivity index (χ0) is 39.3. The number of alkyl halides is 6. The Hall–Kier alpha value is -4.97. The van der Waals surface area contributed by atoms with Gasteiger partial charge in [-0.1, -0.05) is 55.8 Å². The van der Waals surface area contributed by atoms with Gasteiger partial charge in [0.2, 0.25) is 5.91 Å². The molecule has 1 aliphatic carbocycles. The molecular weight excluding hydrogens is 734 g/mol. The van der Waals surface area contributed by atoms with Gasteiger partial charge < -0.3 is 15.2 Å². The van der Waals surface area contributed by atoms with Crippen molar-refractivity contribution in [2.45, 2.75) is 64.5 Å². The first-order valence-electron chi connectivity index (χ1n) is 17.1. The van der Waals surface area contributed by atoms with Gasteiger partial charge in [-0.2, -0.15) is 26.3 Å². The van der Waals surface area contributed by atoms with Crippen LogP contribution in [-0.4, -0.2) is 36.6 Å². The molecule has 4 aromatic carbocycles. The second kappa shape index (κ2) is 14.4. The Labute approximate surface area is 313 Å². The highest BCUT2D eigenvalue weighted by molar-refractivity contribution is 6.33. The Morgan fingerprint density at radius 3 is 2.19 bits per heavy atom. The molecule has 1 heterocycles. The summed E-state index contributed by atoms with van der Waals surface area (Å²) in [6.45, 7) is 5.74. The summed E-state index contributed by atoms with van der Waals surface area (Å²) in [7, 11) is 1.54. The van der Waals surface area contributed by atoms with Gasteiger partial charge in [-0.05, 0) is 114 Å². The lowest BCUT2D eigenvalue weighted by atomic mass is 9.72. The number of methoxy groups -OCH3 is 1. The zero-order valence-corrected chi connectivity index (χ0v) is 30.5. The average molecular weight is 771 g/mol. The first kappa shape index (κ1) is 38.7. The third-order valence-corrected chi connectivity index (χ3v) is 10.5. The Morgan fingerprint density at radius 1 is 0.907 bits per heavy atom. The lowest BCUT2D eigenvalue weighted by molar-refractivity contribution is -0.143. The van der Waals surface area contributed by atoms with Crippen LogP contribution < -0.4 is 10.5 Å². The summed E-state index contributed by atoms with van der Waals surface area (Å²) in [5.74, 6) is -0.0479. The van der Waals surface area contributed by atoms with Crippen molar-refractivity contribution in [2.75, 3.05) is 13.7 Å². The Bertz CT molecular complexity index is 2130. The van der Waals surface area contributed by atoms with E-state index < -0.39 is 53.2 Å². The molecule has 0 radical (unpaired) electrons. The molecule has 4 aromatic rings. The fourth-order valence-electron chi connectivity index (χ4n) is 7.36. The van der Waals surface area contributed by atoms with Gasteiger partial charge in [-0.25, -0.2) is 4.79 Å². The number of carbonyl (C=O) groups excluding carboxylic acids is 2. The van der Waals surface area contributed by atoms with Gasteiger partial charge in [0, 0.05) is 28.3 Å². The second-order valence-electron chi connectivity index (χ2n) is 14.5. The van der Waals surface area contributed by atoms with E-state index in [9.17, 15) is 35.9 Å². The van der Waals surface area contributed by atoms with E-state index in [0.29, 0.717) is 52.4 Å². The Kier molecular flexibility index (Phi) is 10.3. The Morgan fingerprint density at radius 2 is 1.57 bits per heavy atom. The van der Waals surface area contributed by atoms with E-state index in [1.807, 2.05) is 30.3 Å². The third-order valence-electron chi connectivity index (χ3n) is 10.2. The molecule has 0 spiro atoms. The molecule has 0 bridgehead atoms. The number of benzene rings is 4. The van der Waals surface area contributed by atoms with E-state index >= 15 is 0 Å². The lowest BCUT2D eigenvalue weighted by Crippen LogP contribution is -2.35. The molecule has 1 aliphatic heterocycles. The quantitative estimate of drug-likeness (QED) is 0.181. The van der Waals surface area contributed by atoms with Gasteiger partial charge in [0.05, 0.1) is 24.3 Å². The molecule has 0 saturated carbocycles. The molecule has 1 saturated heterocycles. The highest BCUT2D eigenvalue weighted by atomic mass is 35.5. The number of carbonyl (C=O) groups is 2. The van der Waals surface area contributed by atoms with Crippen LogP contribution in [0.15, 0.2) is 84.4 Å². The van der Waals surface area contributed by atoms with Crippen molar-refractivity contribution < 1.29 is 45.4 Å². The maximum atomic E-state index is 13.7. The number of rotatable bonds is 8. The standard InChI is InChI=1S/C41H37ClF6N2O4/c1-22-36(25-15-27(40(43,44)45)19-28(16-25)41(46,47)48)54-38(52)50(22)21-26-20-39(2,3)14-13-30(26)33-17-23(10-12-35(33)53-4)29-11-9-24(37(49)51)18-32(29)31-7-5-6-8-34(31)42/h5-12,15-19,22,36H,13-14,20-21H2,1-4H3,(H2,49,51)/t22-,36-/m0/s1. The van der Waals surface area contributed by atoms with E-state index in [4.69, 9.17) is 26.8 Å². The highest BCUT2D eigenvalue weighted by Gasteiger charge is 2.44. The molecule has 6 nitrogen and oxygen atoms in total. The van der Waals surface area contributed by atoms with Crippen molar-refractivity contribution in [3.05, 3.63) is 117 Å². The van der Waals surface area contributed by atoms with Crippen LogP contribution in [0.5, 0.6) is 5.75 Å². The van der Waals surface area contributed by atoms with E-state index in [1.165, 1.54) is 12.0 Å². The molecule has 0 unspecified atom stereocenters. The van der Waals surface area contributed by atoms with Crippen LogP contribution in [0.4, 0.5) is 31.1 Å². The molecule has 284 valence electrons. The van der Waals surface area contributed by atoms with Crippen molar-refractivity contribution in [3.8, 4) is 28.0 Å². The molecule has 2 N–H and O–H groups in total. The van der Waals surface area contributed by atoms with Gasteiger partial charge in [0.15, 0.2) is 0 Å². The molecule has 2 amide bonds. The van der Waals surface area contributed by atoms with Crippen LogP contribution in [0.2, 0.25) is 5.02 Å². The minimum absolute atomic E-state index is 0.0198. The summed E-state index contributed by atoms with van der Waals surface area (Å²) in [5.41, 5.74) is 7.75. The normalized spacial score (nSPS) is 18.9. The smallest absolute Gasteiger partial charge is 0.416 e. The fourth-order valence-corrected chi connectivity index (χ4v) is 7.60. The minimum atomic E-state index is -5.06. The van der Waals surface area contributed by atoms with Gasteiger partial charge >= 0.3 is 18.4 Å². The van der Waals surface area contributed by atoms with Crippen molar-refractivity contribution in [3.63, 3.8) is 0 Å². The Balaban J connectivity index is 1.43. The first-order chi connectivity index (χ1) is 25.3. The summed E-state index contributed by atoms with van der Waals surface area (Å²) >= 11 is 6.62. The summed E-state index contributed by atoms with van der Waals surface area (Å²) in [5, 5.41) is 0.471. The molecule has 54 heavy (non-hydrogen) atoms. The number of nitrogens with two attached hydrogens (primary N) is 1. The van der Waals surface area contributed by atoms with E-state index in [2.05, 4.69) is 13.8 Å². The van der Waals surface area contributed by atoms with Gasteiger partial charge in [-0.3, -0.25) is 9.69 Å². The predicted molar refractivity (Wildman–Crippen MR) is 194 cm³/mol. The monoisotopic (exact) mass is 770 g/mol. The van der Waals surface area contributed by atoms with Crippen molar-refractivity contribution in [1.29, 1.82) is 0 Å². The number of hydrogen-bond acceptors (Lipinski definition) is 4. The maximum absolute atomic E-state index is 13.7. The van der Waals surface area contributed by atoms with Gasteiger partial charge in [0.1, 0.15) is 11.9 Å². The molecule has 2 atom stereocenters. The number of primary amides is 1. The molecular formula is C41H37ClF6N2O4. The number of hydrogen-bond donors (Lipinski definition) is 1.